The maximum Gasteiger partial charge on any atom is 0.326 e. The summed E-state index contributed by atoms with van der Waals surface area (Å²) >= 11 is 0. The maximum atomic E-state index is 12.7. The second-order valence-electron chi connectivity index (χ2n) is 7.34. The molecule has 0 bridgehead atoms. The molecule has 2 aliphatic rings. The van der Waals surface area contributed by atoms with Crippen LogP contribution in [0.2, 0.25) is 0 Å². The molecular formula is C20H23N3O6. The molecule has 0 spiro atoms. The predicted molar refractivity (Wildman–Crippen MR) is 100 cm³/mol. The van der Waals surface area contributed by atoms with Crippen molar-refractivity contribution in [3.8, 4) is 0 Å². The number of hydrogen-bond acceptors (Lipinski definition) is 6. The molecule has 5 amide bonds. The van der Waals surface area contributed by atoms with Gasteiger partial charge in [-0.3, -0.25) is 29.0 Å². The number of nitrogens with zero attached hydrogens (tertiary/aromatic N) is 2. The molecule has 0 aliphatic carbocycles. The van der Waals surface area contributed by atoms with Crippen molar-refractivity contribution in [2.24, 2.45) is 0 Å². The first-order chi connectivity index (χ1) is 13.8. The molecule has 0 radical (unpaired) electrons. The topological polar surface area (TPSA) is 113 Å². The van der Waals surface area contributed by atoms with Crippen molar-refractivity contribution in [2.75, 3.05) is 19.7 Å². The van der Waals surface area contributed by atoms with E-state index in [4.69, 9.17) is 4.74 Å². The number of esters is 1. The Bertz CT molecular complexity index is 840. The largest absolute Gasteiger partial charge is 0.454 e. The Morgan fingerprint density at radius 2 is 1.90 bits per heavy atom. The summed E-state index contributed by atoms with van der Waals surface area (Å²) in [5, 5.41) is 2.63. The average molecular weight is 401 g/mol. The number of amides is 5. The fourth-order valence-corrected chi connectivity index (χ4v) is 3.41. The van der Waals surface area contributed by atoms with Gasteiger partial charge in [0.25, 0.3) is 11.8 Å². The number of likely N-dealkylation sites (tertiary alicyclic amines) is 1. The zero-order chi connectivity index (χ0) is 21.0. The van der Waals surface area contributed by atoms with Gasteiger partial charge in [-0.05, 0) is 31.7 Å². The fourth-order valence-electron chi connectivity index (χ4n) is 3.41. The molecule has 1 aromatic rings. The normalized spacial score (nSPS) is 21.5. The Morgan fingerprint density at radius 1 is 1.17 bits per heavy atom. The summed E-state index contributed by atoms with van der Waals surface area (Å²) in [7, 11) is 0. The van der Waals surface area contributed by atoms with Gasteiger partial charge < -0.3 is 10.1 Å². The summed E-state index contributed by atoms with van der Waals surface area (Å²) < 4.78 is 4.86. The minimum Gasteiger partial charge on any atom is -0.454 e. The molecule has 2 heterocycles. The number of benzene rings is 1. The van der Waals surface area contributed by atoms with Crippen LogP contribution in [-0.4, -0.2) is 64.8 Å². The smallest absolute Gasteiger partial charge is 0.326 e. The molecule has 0 aromatic heterocycles. The number of hydrogen-bond donors (Lipinski definition) is 1. The predicted octanol–water partition coefficient (Wildman–Crippen LogP) is 0.622. The molecule has 0 unspecified atom stereocenters. The lowest BCUT2D eigenvalue weighted by Gasteiger charge is -2.21. The zero-order valence-electron chi connectivity index (χ0n) is 16.2. The number of carbonyl (C=O) groups excluding carboxylic acids is 5. The van der Waals surface area contributed by atoms with Gasteiger partial charge in [-0.1, -0.05) is 30.3 Å². The quantitative estimate of drug-likeness (QED) is 0.529. The summed E-state index contributed by atoms with van der Waals surface area (Å²) in [6.07, 6.45) is 1.84. The zero-order valence-corrected chi connectivity index (χ0v) is 16.2. The Balaban J connectivity index is 1.51. The Labute approximate surface area is 168 Å². The molecule has 2 aliphatic heterocycles. The van der Waals surface area contributed by atoms with E-state index in [1.807, 2.05) is 30.3 Å². The van der Waals surface area contributed by atoms with Crippen molar-refractivity contribution in [1.82, 2.24) is 15.1 Å². The highest BCUT2D eigenvalue weighted by atomic mass is 16.5. The van der Waals surface area contributed by atoms with Crippen LogP contribution in [0.4, 0.5) is 4.79 Å². The van der Waals surface area contributed by atoms with Crippen molar-refractivity contribution >= 4 is 29.7 Å². The summed E-state index contributed by atoms with van der Waals surface area (Å²) in [6.45, 7) is 0.734. The fraction of sp³-hybridized carbons (Fsp3) is 0.450. The van der Waals surface area contributed by atoms with E-state index in [0.29, 0.717) is 32.2 Å². The van der Waals surface area contributed by atoms with Crippen molar-refractivity contribution in [1.29, 1.82) is 0 Å². The number of urea groups is 1. The molecule has 154 valence electrons. The average Bonchev–Trinajstić information content (AvgIpc) is 3.22. The molecule has 1 N–H and O–H groups in total. The number of ether oxygens (including phenoxy) is 1. The van der Waals surface area contributed by atoms with Gasteiger partial charge in [-0.25, -0.2) is 4.79 Å². The van der Waals surface area contributed by atoms with Gasteiger partial charge in [-0.2, -0.15) is 0 Å². The molecule has 2 saturated heterocycles. The number of nitrogens with one attached hydrogen (secondary N) is 1. The van der Waals surface area contributed by atoms with Gasteiger partial charge in [0.15, 0.2) is 6.61 Å². The van der Waals surface area contributed by atoms with Crippen molar-refractivity contribution in [3.63, 3.8) is 0 Å². The van der Waals surface area contributed by atoms with Crippen LogP contribution in [0, 0.1) is 0 Å². The second-order valence-corrected chi connectivity index (χ2v) is 7.34. The number of aryl methyl sites for hydroxylation is 1. The number of carbonyl (C=O) groups is 5. The summed E-state index contributed by atoms with van der Waals surface area (Å²) in [5.41, 5.74) is -0.0889. The van der Waals surface area contributed by atoms with E-state index in [9.17, 15) is 24.0 Å². The number of imide groups is 2. The van der Waals surface area contributed by atoms with Crippen LogP contribution in [0.25, 0.3) is 0 Å². The van der Waals surface area contributed by atoms with E-state index < -0.39 is 42.5 Å². The molecule has 2 fully saturated rings. The van der Waals surface area contributed by atoms with Crippen LogP contribution in [0.15, 0.2) is 30.3 Å². The van der Waals surface area contributed by atoms with Crippen LogP contribution < -0.4 is 5.32 Å². The van der Waals surface area contributed by atoms with E-state index in [1.54, 1.807) is 6.92 Å². The van der Waals surface area contributed by atoms with Gasteiger partial charge in [0.1, 0.15) is 12.1 Å². The molecule has 1 atom stereocenters. The highest BCUT2D eigenvalue weighted by Gasteiger charge is 2.48. The minimum atomic E-state index is -1.12. The molecule has 9 heteroatoms. The van der Waals surface area contributed by atoms with Gasteiger partial charge in [-0.15, -0.1) is 0 Å². The Kier molecular flexibility index (Phi) is 5.95. The third-order valence-corrected chi connectivity index (χ3v) is 5.12. The second kappa shape index (κ2) is 8.42. The van der Waals surface area contributed by atoms with Crippen molar-refractivity contribution < 1.29 is 28.7 Å². The Morgan fingerprint density at radius 3 is 2.55 bits per heavy atom. The van der Waals surface area contributed by atoms with Gasteiger partial charge in [0.05, 0.1) is 0 Å². The van der Waals surface area contributed by atoms with E-state index >= 15 is 0 Å². The van der Waals surface area contributed by atoms with E-state index in [-0.39, 0.29) is 5.91 Å². The van der Waals surface area contributed by atoms with Crippen LogP contribution in [0.1, 0.15) is 31.7 Å². The lowest BCUT2D eigenvalue weighted by Crippen LogP contribution is -2.45. The van der Waals surface area contributed by atoms with Gasteiger partial charge in [0, 0.05) is 13.0 Å². The molecule has 0 saturated carbocycles. The standard InChI is InChI=1S/C20H23N3O6/c1-20(10-9-14-6-3-2-4-7-14)18(27)23(19(28)21-20)12-17(26)29-13-16(25)22-11-5-8-15(22)24/h2-4,6-7H,5,8-13H2,1H3,(H,21,28)/t20-/m1/s1. The summed E-state index contributed by atoms with van der Waals surface area (Å²) in [4.78, 5) is 62.2. The van der Waals surface area contributed by atoms with Gasteiger partial charge in [0.2, 0.25) is 5.91 Å². The van der Waals surface area contributed by atoms with Crippen LogP contribution in [0.3, 0.4) is 0 Å². The van der Waals surface area contributed by atoms with Crippen LogP contribution in [-0.2, 0) is 30.3 Å². The highest BCUT2D eigenvalue weighted by molar-refractivity contribution is 6.08. The Hall–Kier alpha value is -3.23. The van der Waals surface area contributed by atoms with Crippen LogP contribution in [0.5, 0.6) is 0 Å². The molecule has 1 aromatic carbocycles. The first-order valence-corrected chi connectivity index (χ1v) is 9.47. The highest BCUT2D eigenvalue weighted by Crippen LogP contribution is 2.23. The SMILES string of the molecule is C[C@]1(CCc2ccccc2)NC(=O)N(CC(=O)OCC(=O)N2CCCC2=O)C1=O. The maximum absolute atomic E-state index is 12.7. The monoisotopic (exact) mass is 401 g/mol. The summed E-state index contributed by atoms with van der Waals surface area (Å²) in [6, 6.07) is 8.87. The third kappa shape index (κ3) is 4.61. The first kappa shape index (κ1) is 20.5. The lowest BCUT2D eigenvalue weighted by molar-refractivity contribution is -0.155. The summed E-state index contributed by atoms with van der Waals surface area (Å²) in [5.74, 6) is -2.31. The lowest BCUT2D eigenvalue weighted by atomic mass is 9.93. The van der Waals surface area contributed by atoms with Gasteiger partial charge >= 0.3 is 12.0 Å². The van der Waals surface area contributed by atoms with E-state index in [1.165, 1.54) is 0 Å². The molecule has 29 heavy (non-hydrogen) atoms. The molecule has 9 nitrogen and oxygen atoms in total. The number of rotatable bonds is 7. The molecule has 3 rings (SSSR count). The minimum absolute atomic E-state index is 0.295. The van der Waals surface area contributed by atoms with Crippen LogP contribution >= 0.6 is 0 Å². The van der Waals surface area contributed by atoms with E-state index in [2.05, 4.69) is 5.32 Å². The third-order valence-electron chi connectivity index (χ3n) is 5.12. The molecular weight excluding hydrogens is 378 g/mol. The first-order valence-electron chi connectivity index (χ1n) is 9.47. The van der Waals surface area contributed by atoms with E-state index in [0.717, 1.165) is 15.4 Å². The van der Waals surface area contributed by atoms with Crippen molar-refractivity contribution in [3.05, 3.63) is 35.9 Å². The van der Waals surface area contributed by atoms with Crippen molar-refractivity contribution in [2.45, 2.75) is 38.1 Å².